The molecule has 0 radical (unpaired) electrons. The number of nitrogens with one attached hydrogen (secondary N) is 1. The van der Waals surface area contributed by atoms with Crippen molar-refractivity contribution in [1.29, 1.82) is 0 Å². The topological polar surface area (TPSA) is 92.4 Å². The molecule has 0 aromatic rings. The molecule has 0 aromatic carbocycles. The maximum atomic E-state index is 12.3. The van der Waals surface area contributed by atoms with Crippen LogP contribution in [0, 0.1) is 10.8 Å². The first-order chi connectivity index (χ1) is 8.88. The number of hydrogen-bond donors (Lipinski definition) is 3. The number of carboxylic acid groups (broad SMARTS) is 1. The van der Waals surface area contributed by atoms with Crippen molar-refractivity contribution in [3.05, 3.63) is 0 Å². The summed E-state index contributed by atoms with van der Waals surface area (Å²) in [5.74, 6) is -0.785. The van der Waals surface area contributed by atoms with Crippen LogP contribution in [0.15, 0.2) is 0 Å². The molecule has 2 fully saturated rings. The third kappa shape index (κ3) is 2.76. The van der Waals surface area contributed by atoms with Gasteiger partial charge in [-0.2, -0.15) is 0 Å². The highest BCUT2D eigenvalue weighted by Gasteiger charge is 2.45. The molecule has 2 rings (SSSR count). The lowest BCUT2D eigenvalue weighted by atomic mass is 9.66. The van der Waals surface area contributed by atoms with E-state index in [1.807, 2.05) is 6.92 Å². The first-order valence-electron chi connectivity index (χ1n) is 7.14. The molecule has 4 N–H and O–H groups in total. The van der Waals surface area contributed by atoms with Gasteiger partial charge in [-0.15, -0.1) is 0 Å². The fraction of sp³-hybridized carbons (Fsp3) is 0.857. The molecule has 0 aromatic heterocycles. The van der Waals surface area contributed by atoms with Gasteiger partial charge in [0.2, 0.25) is 5.91 Å². The predicted octanol–water partition coefficient (Wildman–Crippen LogP) is 1.27. The van der Waals surface area contributed by atoms with E-state index >= 15 is 0 Å². The van der Waals surface area contributed by atoms with Crippen molar-refractivity contribution in [2.75, 3.05) is 6.54 Å². The Bertz CT molecular complexity index is 379. The smallest absolute Gasteiger partial charge is 0.303 e. The first kappa shape index (κ1) is 14.3. The maximum Gasteiger partial charge on any atom is 0.303 e. The standard InChI is InChI=1S/C14H24N2O3/c1-13(5-2-4-10(13)15)12(19)16-9-14(6-3-7-14)8-11(17)18/h10H,2-9,15H2,1H3,(H,16,19)(H,17,18). The van der Waals surface area contributed by atoms with E-state index in [0.29, 0.717) is 6.54 Å². The van der Waals surface area contributed by atoms with Crippen LogP contribution in [0.25, 0.3) is 0 Å². The minimum Gasteiger partial charge on any atom is -0.481 e. The summed E-state index contributed by atoms with van der Waals surface area (Å²) in [5, 5.41) is 11.9. The van der Waals surface area contributed by atoms with Crippen LogP contribution in [0.1, 0.15) is 51.9 Å². The maximum absolute atomic E-state index is 12.3. The lowest BCUT2D eigenvalue weighted by Gasteiger charge is -2.41. The number of carbonyl (C=O) groups is 2. The number of carboxylic acids is 1. The molecule has 0 saturated heterocycles. The highest BCUT2D eigenvalue weighted by molar-refractivity contribution is 5.83. The minimum absolute atomic E-state index is 0.00540. The number of rotatable bonds is 5. The van der Waals surface area contributed by atoms with Crippen LogP contribution in [0.5, 0.6) is 0 Å². The fourth-order valence-electron chi connectivity index (χ4n) is 3.36. The van der Waals surface area contributed by atoms with Gasteiger partial charge in [0, 0.05) is 12.6 Å². The predicted molar refractivity (Wildman–Crippen MR) is 71.5 cm³/mol. The fourth-order valence-corrected chi connectivity index (χ4v) is 3.36. The summed E-state index contributed by atoms with van der Waals surface area (Å²) in [6.07, 6.45) is 5.70. The van der Waals surface area contributed by atoms with Crippen LogP contribution in [0.3, 0.4) is 0 Å². The van der Waals surface area contributed by atoms with Gasteiger partial charge < -0.3 is 16.2 Å². The normalized spacial score (nSPS) is 32.6. The second kappa shape index (κ2) is 5.12. The molecule has 0 spiro atoms. The van der Waals surface area contributed by atoms with Crippen LogP contribution in [-0.2, 0) is 9.59 Å². The van der Waals surface area contributed by atoms with Crippen LogP contribution in [0.4, 0.5) is 0 Å². The number of amides is 1. The van der Waals surface area contributed by atoms with Gasteiger partial charge in [-0.05, 0) is 38.0 Å². The van der Waals surface area contributed by atoms with Gasteiger partial charge in [-0.25, -0.2) is 0 Å². The molecule has 0 heterocycles. The van der Waals surface area contributed by atoms with Gasteiger partial charge in [0.05, 0.1) is 11.8 Å². The molecule has 5 nitrogen and oxygen atoms in total. The quantitative estimate of drug-likeness (QED) is 0.700. The minimum atomic E-state index is -0.780. The van der Waals surface area contributed by atoms with Gasteiger partial charge in [-0.3, -0.25) is 9.59 Å². The average molecular weight is 268 g/mol. The zero-order valence-corrected chi connectivity index (χ0v) is 11.6. The van der Waals surface area contributed by atoms with Crippen LogP contribution >= 0.6 is 0 Å². The summed E-state index contributed by atoms with van der Waals surface area (Å²) >= 11 is 0. The summed E-state index contributed by atoms with van der Waals surface area (Å²) in [6.45, 7) is 2.39. The van der Waals surface area contributed by atoms with Gasteiger partial charge in [-0.1, -0.05) is 12.8 Å². The van der Waals surface area contributed by atoms with Crippen molar-refractivity contribution in [3.8, 4) is 0 Å². The molecule has 2 atom stereocenters. The summed E-state index contributed by atoms with van der Waals surface area (Å²) in [7, 11) is 0. The Balaban J connectivity index is 1.91. The highest BCUT2D eigenvalue weighted by Crippen LogP contribution is 2.44. The van der Waals surface area contributed by atoms with Crippen molar-refractivity contribution in [1.82, 2.24) is 5.32 Å². The molecule has 108 valence electrons. The molecular formula is C14H24N2O3. The van der Waals surface area contributed by atoms with Crippen LogP contribution < -0.4 is 11.1 Å². The van der Waals surface area contributed by atoms with Crippen molar-refractivity contribution < 1.29 is 14.7 Å². The summed E-state index contributed by atoms with van der Waals surface area (Å²) in [6, 6.07) is -0.0793. The summed E-state index contributed by atoms with van der Waals surface area (Å²) in [5.41, 5.74) is 5.33. The van der Waals surface area contributed by atoms with Crippen molar-refractivity contribution in [2.45, 2.75) is 57.9 Å². The lowest BCUT2D eigenvalue weighted by Crippen LogP contribution is -2.51. The van der Waals surface area contributed by atoms with E-state index < -0.39 is 11.4 Å². The lowest BCUT2D eigenvalue weighted by molar-refractivity contribution is -0.142. The highest BCUT2D eigenvalue weighted by atomic mass is 16.4. The van der Waals surface area contributed by atoms with E-state index in [-0.39, 0.29) is 23.8 Å². The molecule has 2 aliphatic carbocycles. The molecule has 0 bridgehead atoms. The molecule has 2 unspecified atom stereocenters. The summed E-state index contributed by atoms with van der Waals surface area (Å²) in [4.78, 5) is 23.2. The summed E-state index contributed by atoms with van der Waals surface area (Å²) < 4.78 is 0. The third-order valence-electron chi connectivity index (χ3n) is 5.11. The molecule has 5 heteroatoms. The molecule has 2 saturated carbocycles. The molecular weight excluding hydrogens is 244 g/mol. The number of aliphatic carboxylic acids is 1. The van der Waals surface area contributed by atoms with Gasteiger partial charge >= 0.3 is 5.97 Å². The van der Waals surface area contributed by atoms with Crippen molar-refractivity contribution >= 4 is 11.9 Å². The second-order valence-electron chi connectivity index (χ2n) is 6.52. The zero-order valence-electron chi connectivity index (χ0n) is 11.6. The Morgan fingerprint density at radius 2 is 2.00 bits per heavy atom. The Hall–Kier alpha value is -1.10. The number of carbonyl (C=O) groups excluding carboxylic acids is 1. The molecule has 19 heavy (non-hydrogen) atoms. The van der Waals surface area contributed by atoms with E-state index in [2.05, 4.69) is 5.32 Å². The van der Waals surface area contributed by atoms with E-state index in [1.54, 1.807) is 0 Å². The van der Waals surface area contributed by atoms with Gasteiger partial charge in [0.25, 0.3) is 0 Å². The Morgan fingerprint density at radius 3 is 2.42 bits per heavy atom. The zero-order chi connectivity index (χ0) is 14.1. The van der Waals surface area contributed by atoms with Gasteiger partial charge in [0.1, 0.15) is 0 Å². The van der Waals surface area contributed by atoms with Gasteiger partial charge in [0.15, 0.2) is 0 Å². The van der Waals surface area contributed by atoms with Crippen molar-refractivity contribution in [3.63, 3.8) is 0 Å². The van der Waals surface area contributed by atoms with E-state index in [4.69, 9.17) is 10.8 Å². The number of nitrogens with two attached hydrogens (primary N) is 1. The first-order valence-corrected chi connectivity index (χ1v) is 7.14. The Labute approximate surface area is 113 Å². The van der Waals surface area contributed by atoms with E-state index in [9.17, 15) is 9.59 Å². The van der Waals surface area contributed by atoms with E-state index in [0.717, 1.165) is 38.5 Å². The third-order valence-corrected chi connectivity index (χ3v) is 5.11. The monoisotopic (exact) mass is 268 g/mol. The average Bonchev–Trinajstić information content (AvgIpc) is 2.63. The Morgan fingerprint density at radius 1 is 1.32 bits per heavy atom. The Kier molecular flexibility index (Phi) is 3.85. The molecule has 0 aliphatic heterocycles. The molecule has 2 aliphatic rings. The van der Waals surface area contributed by atoms with Crippen LogP contribution in [0.2, 0.25) is 0 Å². The van der Waals surface area contributed by atoms with Crippen molar-refractivity contribution in [2.24, 2.45) is 16.6 Å². The van der Waals surface area contributed by atoms with Crippen LogP contribution in [-0.4, -0.2) is 29.6 Å². The largest absolute Gasteiger partial charge is 0.481 e. The SMILES string of the molecule is CC1(C(=O)NCC2(CC(=O)O)CCC2)CCCC1N. The number of hydrogen-bond acceptors (Lipinski definition) is 3. The molecule has 1 amide bonds. The second-order valence-corrected chi connectivity index (χ2v) is 6.52. The van der Waals surface area contributed by atoms with E-state index in [1.165, 1.54) is 0 Å².